The predicted octanol–water partition coefficient (Wildman–Crippen LogP) is 4.63. The molecule has 84 valence electrons. The third kappa shape index (κ3) is 2.56. The molecule has 1 atom stereocenters. The van der Waals surface area contributed by atoms with Gasteiger partial charge in [-0.1, -0.05) is 29.8 Å². The van der Waals surface area contributed by atoms with Gasteiger partial charge in [0.1, 0.15) is 0 Å². The highest BCUT2D eigenvalue weighted by Crippen LogP contribution is 2.36. The van der Waals surface area contributed by atoms with Crippen LogP contribution in [0, 0.1) is 6.92 Å². The van der Waals surface area contributed by atoms with Gasteiger partial charge in [-0.25, -0.2) is 0 Å². The molecule has 2 rings (SSSR count). The summed E-state index contributed by atoms with van der Waals surface area (Å²) in [5.41, 5.74) is 9.75. The maximum Gasteiger partial charge on any atom is 0.0761 e. The lowest BCUT2D eigenvalue weighted by molar-refractivity contribution is 0.871. The summed E-state index contributed by atoms with van der Waals surface area (Å²) in [5, 5.41) is 0. The first-order valence-corrected chi connectivity index (χ1v) is 7.25. The van der Waals surface area contributed by atoms with Crippen molar-refractivity contribution in [3.05, 3.63) is 54.6 Å². The fraction of sp³-hybridized carbons (Fsp3) is 0.167. The molecule has 0 aliphatic rings. The van der Waals surface area contributed by atoms with Crippen molar-refractivity contribution >= 4 is 43.2 Å². The number of rotatable bonds is 2. The lowest BCUT2D eigenvalue weighted by atomic mass is 10.0. The van der Waals surface area contributed by atoms with Gasteiger partial charge < -0.3 is 5.73 Å². The molecule has 1 unspecified atom stereocenters. The molecule has 0 saturated carbocycles. The van der Waals surface area contributed by atoms with Crippen molar-refractivity contribution < 1.29 is 0 Å². The molecule has 0 radical (unpaired) electrons. The molecule has 0 spiro atoms. The molecule has 0 aliphatic heterocycles. The van der Waals surface area contributed by atoms with Crippen LogP contribution in [0.3, 0.4) is 0 Å². The summed E-state index contributed by atoms with van der Waals surface area (Å²) in [6.07, 6.45) is 0. The summed E-state index contributed by atoms with van der Waals surface area (Å²) >= 11 is 8.66. The highest BCUT2D eigenvalue weighted by molar-refractivity contribution is 9.12. The van der Waals surface area contributed by atoms with E-state index in [0.717, 1.165) is 18.7 Å². The van der Waals surface area contributed by atoms with Crippen LogP contribution >= 0.6 is 43.2 Å². The number of benzene rings is 1. The molecule has 0 saturated heterocycles. The quantitative estimate of drug-likeness (QED) is 0.830. The fourth-order valence-electron chi connectivity index (χ4n) is 1.52. The number of aryl methyl sites for hydroxylation is 1. The largest absolute Gasteiger partial charge is 0.320 e. The van der Waals surface area contributed by atoms with Gasteiger partial charge in [-0.15, -0.1) is 11.3 Å². The highest BCUT2D eigenvalue weighted by atomic mass is 79.9. The second-order valence-corrected chi connectivity index (χ2v) is 7.42. The van der Waals surface area contributed by atoms with E-state index in [1.54, 1.807) is 11.3 Å². The van der Waals surface area contributed by atoms with Gasteiger partial charge in [0.15, 0.2) is 0 Å². The number of halogens is 2. The molecule has 2 aromatic rings. The molecule has 16 heavy (non-hydrogen) atoms. The number of thiophene rings is 1. The summed E-state index contributed by atoms with van der Waals surface area (Å²) in [4.78, 5) is 0. The van der Waals surface area contributed by atoms with Crippen molar-refractivity contribution in [2.24, 2.45) is 5.73 Å². The third-order valence-electron chi connectivity index (χ3n) is 2.45. The summed E-state index contributed by atoms with van der Waals surface area (Å²) in [7, 11) is 0. The maximum absolute atomic E-state index is 6.24. The van der Waals surface area contributed by atoms with E-state index >= 15 is 0 Å². The minimum absolute atomic E-state index is 0.0717. The first kappa shape index (κ1) is 12.3. The van der Waals surface area contributed by atoms with Gasteiger partial charge in [-0.05, 0) is 56.0 Å². The van der Waals surface area contributed by atoms with Gasteiger partial charge in [0.05, 0.1) is 13.6 Å². The Morgan fingerprint density at radius 3 is 2.31 bits per heavy atom. The molecular formula is C12H11Br2NS. The lowest BCUT2D eigenvalue weighted by Crippen LogP contribution is -2.11. The summed E-state index contributed by atoms with van der Waals surface area (Å²) < 4.78 is 2.18. The van der Waals surface area contributed by atoms with E-state index in [2.05, 4.69) is 69.1 Å². The fourth-order valence-corrected chi connectivity index (χ4v) is 4.45. The first-order chi connectivity index (χ1) is 7.58. The second kappa shape index (κ2) is 5.00. The van der Waals surface area contributed by atoms with Crippen LogP contribution in [0.4, 0.5) is 0 Å². The number of nitrogens with two attached hydrogens (primary N) is 1. The Balaban J connectivity index is 2.35. The topological polar surface area (TPSA) is 26.0 Å². The van der Waals surface area contributed by atoms with E-state index in [-0.39, 0.29) is 6.04 Å². The van der Waals surface area contributed by atoms with Crippen molar-refractivity contribution in [3.8, 4) is 0 Å². The van der Waals surface area contributed by atoms with E-state index in [1.807, 2.05) is 0 Å². The molecule has 4 heteroatoms. The monoisotopic (exact) mass is 359 g/mol. The zero-order chi connectivity index (χ0) is 11.7. The van der Waals surface area contributed by atoms with Crippen LogP contribution in [0.5, 0.6) is 0 Å². The minimum atomic E-state index is -0.0717. The van der Waals surface area contributed by atoms with Crippen LogP contribution in [0.2, 0.25) is 0 Å². The molecule has 0 amide bonds. The van der Waals surface area contributed by atoms with Crippen molar-refractivity contribution in [2.75, 3.05) is 0 Å². The van der Waals surface area contributed by atoms with Crippen molar-refractivity contribution in [1.29, 1.82) is 0 Å². The zero-order valence-electron chi connectivity index (χ0n) is 8.71. The minimum Gasteiger partial charge on any atom is -0.320 e. The predicted molar refractivity (Wildman–Crippen MR) is 76.9 cm³/mol. The van der Waals surface area contributed by atoms with E-state index < -0.39 is 0 Å². The molecule has 0 aliphatic carbocycles. The molecule has 1 aromatic heterocycles. The van der Waals surface area contributed by atoms with E-state index in [0.29, 0.717) is 0 Å². The van der Waals surface area contributed by atoms with Crippen molar-refractivity contribution in [3.63, 3.8) is 0 Å². The number of hydrogen-bond donors (Lipinski definition) is 1. The maximum atomic E-state index is 6.24. The molecule has 0 bridgehead atoms. The van der Waals surface area contributed by atoms with Crippen molar-refractivity contribution in [1.82, 2.24) is 0 Å². The summed E-state index contributed by atoms with van der Waals surface area (Å²) in [6.45, 7) is 2.08. The molecular weight excluding hydrogens is 350 g/mol. The van der Waals surface area contributed by atoms with Gasteiger partial charge in [0.2, 0.25) is 0 Å². The van der Waals surface area contributed by atoms with E-state index in [1.165, 1.54) is 5.56 Å². The SMILES string of the molecule is Cc1ccc(C(N)c2cc(Br)sc2Br)cc1. The molecule has 1 nitrogen and oxygen atoms in total. The van der Waals surface area contributed by atoms with Crippen LogP contribution in [0.25, 0.3) is 0 Å². The third-order valence-corrected chi connectivity index (χ3v) is 4.84. The Labute approximate surface area is 116 Å². The van der Waals surface area contributed by atoms with Gasteiger partial charge in [-0.3, -0.25) is 0 Å². The molecule has 2 N–H and O–H groups in total. The van der Waals surface area contributed by atoms with Crippen LogP contribution in [0.1, 0.15) is 22.7 Å². The Hall–Kier alpha value is -0.160. The van der Waals surface area contributed by atoms with Crippen molar-refractivity contribution in [2.45, 2.75) is 13.0 Å². The Morgan fingerprint density at radius 2 is 1.81 bits per heavy atom. The first-order valence-electron chi connectivity index (χ1n) is 4.85. The van der Waals surface area contributed by atoms with Crippen LogP contribution in [0.15, 0.2) is 37.9 Å². The normalized spacial score (nSPS) is 12.8. The lowest BCUT2D eigenvalue weighted by Gasteiger charge is -2.11. The molecule has 1 aromatic carbocycles. The average Bonchev–Trinajstić information content (AvgIpc) is 2.58. The van der Waals surface area contributed by atoms with E-state index in [9.17, 15) is 0 Å². The van der Waals surface area contributed by atoms with E-state index in [4.69, 9.17) is 5.73 Å². The summed E-state index contributed by atoms with van der Waals surface area (Å²) in [5.74, 6) is 0. The van der Waals surface area contributed by atoms with Crippen LogP contribution < -0.4 is 5.73 Å². The Bertz CT molecular complexity index is 490. The van der Waals surface area contributed by atoms with Crippen LogP contribution in [-0.4, -0.2) is 0 Å². The Kier molecular flexibility index (Phi) is 3.85. The van der Waals surface area contributed by atoms with Gasteiger partial charge >= 0.3 is 0 Å². The second-order valence-electron chi connectivity index (χ2n) is 3.67. The number of hydrogen-bond acceptors (Lipinski definition) is 2. The smallest absolute Gasteiger partial charge is 0.0761 e. The van der Waals surface area contributed by atoms with Gasteiger partial charge in [-0.2, -0.15) is 0 Å². The Morgan fingerprint density at radius 1 is 1.19 bits per heavy atom. The molecule has 0 fully saturated rings. The standard InChI is InChI=1S/C12H11Br2NS/c1-7-2-4-8(5-3-7)11(15)9-6-10(13)16-12(9)14/h2-6,11H,15H2,1H3. The molecule has 1 heterocycles. The summed E-state index contributed by atoms with van der Waals surface area (Å²) in [6, 6.07) is 10.3. The van der Waals surface area contributed by atoms with Crippen LogP contribution in [-0.2, 0) is 0 Å². The average molecular weight is 361 g/mol. The van der Waals surface area contributed by atoms with Gasteiger partial charge in [0, 0.05) is 0 Å². The highest BCUT2D eigenvalue weighted by Gasteiger charge is 2.14. The zero-order valence-corrected chi connectivity index (χ0v) is 12.7. The van der Waals surface area contributed by atoms with Gasteiger partial charge in [0.25, 0.3) is 0 Å².